The monoisotopic (exact) mass is 1050 g/mol. The predicted molar refractivity (Wildman–Crippen MR) is 251 cm³/mol. The van der Waals surface area contributed by atoms with Gasteiger partial charge in [-0.2, -0.15) is 11.4 Å². The van der Waals surface area contributed by atoms with Crippen LogP contribution in [0.25, 0.3) is 44.5 Å². The van der Waals surface area contributed by atoms with Gasteiger partial charge in [0.25, 0.3) is 0 Å². The maximum absolute atomic E-state index is 11.9. The molecule has 0 saturated carbocycles. The van der Waals surface area contributed by atoms with Crippen LogP contribution in [-0.2, 0) is 23.3 Å². The summed E-state index contributed by atoms with van der Waals surface area (Å²) in [6.07, 6.45) is 0. The molecule has 8 rings (SSSR count). The molecule has 0 unspecified atom stereocenters. The van der Waals surface area contributed by atoms with Crippen molar-refractivity contribution in [2.24, 2.45) is 3.50 Å². The van der Waals surface area contributed by atoms with Crippen LogP contribution in [-0.4, -0.2) is 9.51 Å². The zero-order valence-corrected chi connectivity index (χ0v) is 39.3. The van der Waals surface area contributed by atoms with Gasteiger partial charge >= 0.3 is 138 Å². The standard InChI is InChI=1S/C30H21BrO.C10H12.C6H3Cl2N.C6H8N.W/c31-29-25(21-13-5-1-6-14-21)27(23-17-9-3-10-18-23)30(32)28(24-19-11-4-12-20-24)26(29)22-15-7-2-8-16-22;1-10(2,3)9-7-5-4-6-8-9;7-4-2-1-3-5(8)6(4)9;1-5-3-4-6(2)7-5;/h1-20,32H;1,4-8H,2-3H3;1-3H;3-4H,1-2H3;/q;;;-1;. The van der Waals surface area contributed by atoms with Gasteiger partial charge in [-0.05, 0) is 38.2 Å². The molecule has 1 heterocycles. The van der Waals surface area contributed by atoms with E-state index in [4.69, 9.17) is 23.2 Å². The number of aryl methyl sites for hydroxylation is 2. The molecule has 7 aromatic carbocycles. The molecular formula is C52H44BrCl2N2OW-. The zero-order chi connectivity index (χ0) is 41.8. The van der Waals surface area contributed by atoms with E-state index in [1.54, 1.807) is 0 Å². The molecule has 8 aromatic rings. The minimum Gasteiger partial charge on any atom is -0.665 e. The number of phenols is 1. The van der Waals surface area contributed by atoms with Gasteiger partial charge in [-0.25, -0.2) is 0 Å². The van der Waals surface area contributed by atoms with Crippen LogP contribution >= 0.6 is 39.1 Å². The first-order valence-corrected chi connectivity index (χ1v) is 23.7. The van der Waals surface area contributed by atoms with E-state index in [0.29, 0.717) is 10.0 Å². The van der Waals surface area contributed by atoms with Crippen LogP contribution in [0.2, 0.25) is 10.0 Å². The maximum atomic E-state index is 11.9. The SMILES string of the molecule is CC(C)([CH]=[W]=[N]c1c(Cl)cccc1Cl)c1ccccc1.Cc1ccc(C)[n-]1.Oc1c(-c2ccccc2)c(-c2ccccc2)c(Br)c(-c2ccccc2)c1-c1ccccc1. The predicted octanol–water partition coefficient (Wildman–Crippen LogP) is 15.8. The van der Waals surface area contributed by atoms with Crippen LogP contribution in [0.4, 0.5) is 5.69 Å². The Bertz CT molecular complexity index is 2410. The summed E-state index contributed by atoms with van der Waals surface area (Å²) in [5.41, 5.74) is 11.9. The van der Waals surface area contributed by atoms with Crippen molar-refractivity contribution in [2.45, 2.75) is 33.1 Å². The molecule has 0 atom stereocenters. The Hall–Kier alpha value is -4.96. The van der Waals surface area contributed by atoms with E-state index in [2.05, 4.69) is 91.2 Å². The molecule has 0 saturated heterocycles. The Kier molecular flexibility index (Phi) is 15.4. The molecule has 7 heteroatoms. The summed E-state index contributed by atoms with van der Waals surface area (Å²) < 4.78 is 7.96. The molecule has 0 amide bonds. The first-order chi connectivity index (χ1) is 28.5. The van der Waals surface area contributed by atoms with E-state index in [1.165, 1.54) is 5.56 Å². The Labute approximate surface area is 374 Å². The molecular weight excluding hydrogens is 1000 g/mol. The van der Waals surface area contributed by atoms with Crippen LogP contribution in [0.15, 0.2) is 190 Å². The number of aromatic hydroxyl groups is 1. The van der Waals surface area contributed by atoms with Gasteiger partial charge in [-0.3, -0.25) is 0 Å². The second-order valence-corrected chi connectivity index (χ2v) is 18.2. The molecule has 0 aliphatic heterocycles. The maximum Gasteiger partial charge on any atom is 0.132 e. The Morgan fingerprint density at radius 1 is 0.525 bits per heavy atom. The van der Waals surface area contributed by atoms with Crippen LogP contribution in [0, 0.1) is 13.8 Å². The summed E-state index contributed by atoms with van der Waals surface area (Å²) in [5.74, 6) is 0.281. The van der Waals surface area contributed by atoms with Crippen molar-refractivity contribution in [3.63, 3.8) is 0 Å². The third kappa shape index (κ3) is 11.2. The number of hydrogen-bond donors (Lipinski definition) is 1. The molecule has 1 N–H and O–H groups in total. The van der Waals surface area contributed by atoms with Gasteiger partial charge in [0.15, 0.2) is 0 Å². The largest absolute Gasteiger partial charge is 0.665 e. The molecule has 3 nitrogen and oxygen atoms in total. The first-order valence-electron chi connectivity index (χ1n) is 19.1. The first kappa shape index (κ1) is 43.6. The summed E-state index contributed by atoms with van der Waals surface area (Å²) in [7, 11) is 0. The third-order valence-electron chi connectivity index (χ3n) is 9.53. The van der Waals surface area contributed by atoms with Gasteiger partial charge in [0.05, 0.1) is 0 Å². The molecule has 0 aliphatic carbocycles. The molecule has 0 aliphatic rings. The van der Waals surface area contributed by atoms with Crippen LogP contribution in [0.1, 0.15) is 30.8 Å². The van der Waals surface area contributed by atoms with E-state index in [1.807, 2.05) is 147 Å². The van der Waals surface area contributed by atoms with Crippen molar-refractivity contribution in [1.82, 2.24) is 4.98 Å². The van der Waals surface area contributed by atoms with Gasteiger partial charge in [-0.15, -0.1) is 0 Å². The third-order valence-corrected chi connectivity index (χ3v) is 14.5. The molecule has 0 spiro atoms. The van der Waals surface area contributed by atoms with E-state index >= 15 is 0 Å². The van der Waals surface area contributed by atoms with E-state index < -0.39 is 17.9 Å². The fourth-order valence-corrected chi connectivity index (χ4v) is 11.0. The number of nitrogens with zero attached hydrogens (tertiary/aromatic N) is 2. The topological polar surface area (TPSA) is 46.7 Å². The van der Waals surface area contributed by atoms with E-state index in [-0.39, 0.29) is 11.2 Å². The Balaban J connectivity index is 0.000000183. The molecule has 0 bridgehead atoms. The van der Waals surface area contributed by atoms with Gasteiger partial charge in [0, 0.05) is 26.7 Å². The van der Waals surface area contributed by atoms with Crippen molar-refractivity contribution in [2.75, 3.05) is 0 Å². The molecule has 1 aromatic heterocycles. The molecule has 296 valence electrons. The van der Waals surface area contributed by atoms with Gasteiger partial charge in [0.2, 0.25) is 0 Å². The summed E-state index contributed by atoms with van der Waals surface area (Å²) in [5, 5.41) is 13.1. The quantitative estimate of drug-likeness (QED) is 0.173. The summed E-state index contributed by atoms with van der Waals surface area (Å²) in [4.78, 5) is 4.11. The number of aromatic nitrogens is 1. The number of halogens is 3. The van der Waals surface area contributed by atoms with Crippen molar-refractivity contribution < 1.29 is 23.0 Å². The Morgan fingerprint density at radius 2 is 0.881 bits per heavy atom. The number of hydrogen-bond acceptors (Lipinski definition) is 2. The fraction of sp³-hybridized carbons (Fsp3) is 0.0962. The minimum atomic E-state index is -1.01. The van der Waals surface area contributed by atoms with E-state index in [0.717, 1.165) is 66.1 Å². The number of rotatable bonds is 7. The average molecular weight is 1050 g/mol. The second kappa shape index (κ2) is 20.8. The van der Waals surface area contributed by atoms with Crippen molar-refractivity contribution in [3.05, 3.63) is 213 Å². The van der Waals surface area contributed by atoms with Crippen molar-refractivity contribution >= 4 is 49.2 Å². The average Bonchev–Trinajstić information content (AvgIpc) is 3.65. The van der Waals surface area contributed by atoms with Gasteiger partial charge < -0.3 is 10.1 Å². The van der Waals surface area contributed by atoms with Crippen molar-refractivity contribution in [1.29, 1.82) is 0 Å². The minimum absolute atomic E-state index is 0.0309. The van der Waals surface area contributed by atoms with Crippen LogP contribution < -0.4 is 4.98 Å². The summed E-state index contributed by atoms with van der Waals surface area (Å²) >= 11 is 15.2. The summed E-state index contributed by atoms with van der Waals surface area (Å²) in [6.45, 7) is 8.41. The van der Waals surface area contributed by atoms with Crippen LogP contribution in [0.5, 0.6) is 5.75 Å². The smallest absolute Gasteiger partial charge is 0.132 e. The fourth-order valence-electron chi connectivity index (χ4n) is 6.55. The van der Waals surface area contributed by atoms with Gasteiger partial charge in [-0.1, -0.05) is 147 Å². The molecule has 0 fully saturated rings. The number of benzene rings is 7. The van der Waals surface area contributed by atoms with Gasteiger partial charge in [0.1, 0.15) is 5.75 Å². The Morgan fingerprint density at radius 3 is 1.24 bits per heavy atom. The molecule has 0 radical (unpaired) electrons. The zero-order valence-electron chi connectivity index (χ0n) is 33.3. The van der Waals surface area contributed by atoms with E-state index in [9.17, 15) is 5.11 Å². The second-order valence-electron chi connectivity index (χ2n) is 14.3. The molecule has 59 heavy (non-hydrogen) atoms. The normalized spacial score (nSPS) is 10.7. The van der Waals surface area contributed by atoms with Crippen molar-refractivity contribution in [3.8, 4) is 50.3 Å². The van der Waals surface area contributed by atoms with Crippen LogP contribution in [0.3, 0.4) is 0 Å². The number of phenolic OH excluding ortho intramolecular Hbond substituents is 1. The summed E-state index contributed by atoms with van der Waals surface area (Å²) in [6, 6.07) is 60.7.